The van der Waals surface area contributed by atoms with Gasteiger partial charge in [-0.05, 0) is 38.8 Å². The molecule has 0 saturated carbocycles. The zero-order chi connectivity index (χ0) is 12.8. The van der Waals surface area contributed by atoms with Gasteiger partial charge in [-0.1, -0.05) is 13.3 Å². The second-order valence-corrected chi connectivity index (χ2v) is 4.28. The number of hydrogen-bond donors (Lipinski definition) is 1. The van der Waals surface area contributed by atoms with E-state index in [1.807, 2.05) is 13.8 Å². The van der Waals surface area contributed by atoms with Crippen LogP contribution in [0.3, 0.4) is 0 Å². The predicted molar refractivity (Wildman–Crippen MR) is 68.9 cm³/mol. The van der Waals surface area contributed by atoms with Crippen molar-refractivity contribution in [3.05, 3.63) is 22.8 Å². The Hall–Kier alpha value is -1.00. The molecule has 0 saturated heterocycles. The fraction of sp³-hybridized carbons (Fsp3) is 0.692. The molecule has 1 aromatic heterocycles. The van der Waals surface area contributed by atoms with Crippen LogP contribution in [-0.4, -0.2) is 23.6 Å². The molecule has 0 aliphatic rings. The van der Waals surface area contributed by atoms with Gasteiger partial charge in [-0.15, -0.1) is 0 Å². The number of ether oxygens (including phenoxy) is 1. The summed E-state index contributed by atoms with van der Waals surface area (Å²) in [7, 11) is 1.71. The molecule has 0 amide bonds. The minimum atomic E-state index is 0.00401. The highest BCUT2D eigenvalue weighted by molar-refractivity contribution is 5.25. The van der Waals surface area contributed by atoms with Crippen molar-refractivity contribution in [3.8, 4) is 0 Å². The van der Waals surface area contributed by atoms with Crippen LogP contribution in [0.2, 0.25) is 0 Å². The molecule has 0 spiro atoms. The molecule has 0 aromatic carbocycles. The van der Waals surface area contributed by atoms with Crippen molar-refractivity contribution in [2.75, 3.05) is 13.7 Å². The lowest BCUT2D eigenvalue weighted by molar-refractivity contribution is 0.0872. The maximum absolute atomic E-state index is 5.59. The van der Waals surface area contributed by atoms with E-state index in [9.17, 15) is 0 Å². The van der Waals surface area contributed by atoms with Crippen LogP contribution in [0.25, 0.3) is 0 Å². The van der Waals surface area contributed by atoms with E-state index < -0.39 is 0 Å². The van der Waals surface area contributed by atoms with Gasteiger partial charge in [0.05, 0.1) is 0 Å². The van der Waals surface area contributed by atoms with E-state index in [0.29, 0.717) is 6.54 Å². The minimum Gasteiger partial charge on any atom is -0.373 e. The van der Waals surface area contributed by atoms with Crippen molar-refractivity contribution in [1.82, 2.24) is 9.97 Å². The summed E-state index contributed by atoms with van der Waals surface area (Å²) in [4.78, 5) is 9.10. The molecule has 2 N–H and O–H groups in total. The third kappa shape index (κ3) is 3.48. The van der Waals surface area contributed by atoms with Crippen LogP contribution in [0.5, 0.6) is 0 Å². The Kier molecular flexibility index (Phi) is 5.51. The fourth-order valence-electron chi connectivity index (χ4n) is 2.03. The second kappa shape index (κ2) is 6.67. The van der Waals surface area contributed by atoms with Gasteiger partial charge in [0, 0.05) is 18.5 Å². The Morgan fingerprint density at radius 1 is 1.24 bits per heavy atom. The lowest BCUT2D eigenvalue weighted by Gasteiger charge is -2.16. The first-order chi connectivity index (χ1) is 8.13. The SMILES string of the molecule is CCCC(OC)c1nc(C)c(CCN)c(C)n1. The third-order valence-electron chi connectivity index (χ3n) is 2.96. The monoisotopic (exact) mass is 237 g/mol. The van der Waals surface area contributed by atoms with Gasteiger partial charge in [0.2, 0.25) is 0 Å². The zero-order valence-electron chi connectivity index (χ0n) is 11.3. The van der Waals surface area contributed by atoms with Crippen LogP contribution in [0, 0.1) is 13.8 Å². The molecule has 1 atom stereocenters. The van der Waals surface area contributed by atoms with Crippen molar-refractivity contribution in [3.63, 3.8) is 0 Å². The Bertz CT molecular complexity index is 343. The lowest BCUT2D eigenvalue weighted by atomic mass is 10.1. The van der Waals surface area contributed by atoms with Gasteiger partial charge in [-0.3, -0.25) is 0 Å². The van der Waals surface area contributed by atoms with Gasteiger partial charge < -0.3 is 10.5 Å². The summed E-state index contributed by atoms with van der Waals surface area (Å²) in [5.74, 6) is 0.796. The van der Waals surface area contributed by atoms with Gasteiger partial charge in [0.15, 0.2) is 5.82 Å². The standard InChI is InChI=1S/C13H23N3O/c1-5-6-12(17-4)13-15-9(2)11(7-8-14)10(3)16-13/h12H,5-8,14H2,1-4H3. The average Bonchev–Trinajstić information content (AvgIpc) is 2.30. The van der Waals surface area contributed by atoms with Gasteiger partial charge in [0.25, 0.3) is 0 Å². The molecule has 0 bridgehead atoms. The Morgan fingerprint density at radius 3 is 2.24 bits per heavy atom. The largest absolute Gasteiger partial charge is 0.373 e. The van der Waals surface area contributed by atoms with Crippen molar-refractivity contribution >= 4 is 0 Å². The maximum atomic E-state index is 5.59. The summed E-state index contributed by atoms with van der Waals surface area (Å²) in [6.07, 6.45) is 2.85. The Balaban J connectivity index is 3.03. The summed E-state index contributed by atoms with van der Waals surface area (Å²) in [6.45, 7) is 6.80. The molecule has 1 rings (SSSR count). The van der Waals surface area contributed by atoms with Crippen LogP contribution in [0.4, 0.5) is 0 Å². The summed E-state index contributed by atoms with van der Waals surface area (Å²) < 4.78 is 5.44. The summed E-state index contributed by atoms with van der Waals surface area (Å²) >= 11 is 0. The predicted octanol–water partition coefficient (Wildman–Crippen LogP) is 2.08. The Morgan fingerprint density at radius 2 is 1.82 bits per heavy atom. The van der Waals surface area contributed by atoms with Gasteiger partial charge in [-0.25, -0.2) is 9.97 Å². The zero-order valence-corrected chi connectivity index (χ0v) is 11.3. The minimum absolute atomic E-state index is 0.00401. The highest BCUT2D eigenvalue weighted by atomic mass is 16.5. The quantitative estimate of drug-likeness (QED) is 0.823. The van der Waals surface area contributed by atoms with E-state index in [4.69, 9.17) is 10.5 Å². The normalized spacial score (nSPS) is 12.8. The van der Waals surface area contributed by atoms with Gasteiger partial charge in [-0.2, -0.15) is 0 Å². The summed E-state index contributed by atoms with van der Waals surface area (Å²) in [5.41, 5.74) is 8.81. The first-order valence-electron chi connectivity index (χ1n) is 6.20. The number of nitrogens with two attached hydrogens (primary N) is 1. The highest BCUT2D eigenvalue weighted by Crippen LogP contribution is 2.21. The maximum Gasteiger partial charge on any atom is 0.157 e. The molecular weight excluding hydrogens is 214 g/mol. The lowest BCUT2D eigenvalue weighted by Crippen LogP contribution is -2.13. The molecule has 4 nitrogen and oxygen atoms in total. The summed E-state index contributed by atoms with van der Waals surface area (Å²) in [6, 6.07) is 0. The van der Waals surface area contributed by atoms with Crippen molar-refractivity contribution in [2.24, 2.45) is 5.73 Å². The molecule has 1 aromatic rings. The van der Waals surface area contributed by atoms with Crippen LogP contribution in [0.15, 0.2) is 0 Å². The van der Waals surface area contributed by atoms with E-state index in [1.54, 1.807) is 7.11 Å². The van der Waals surface area contributed by atoms with E-state index in [-0.39, 0.29) is 6.10 Å². The number of rotatable bonds is 6. The van der Waals surface area contributed by atoms with Crippen molar-refractivity contribution in [1.29, 1.82) is 0 Å². The number of aromatic nitrogens is 2. The first kappa shape index (κ1) is 14.1. The fourth-order valence-corrected chi connectivity index (χ4v) is 2.03. The molecule has 96 valence electrons. The van der Waals surface area contributed by atoms with Crippen molar-refractivity contribution < 1.29 is 4.74 Å². The van der Waals surface area contributed by atoms with E-state index in [2.05, 4.69) is 16.9 Å². The molecule has 0 fully saturated rings. The molecule has 1 heterocycles. The Labute approximate surface area is 104 Å². The van der Waals surface area contributed by atoms with Crippen LogP contribution in [0.1, 0.15) is 48.6 Å². The topological polar surface area (TPSA) is 61.0 Å². The third-order valence-corrected chi connectivity index (χ3v) is 2.96. The molecule has 0 aliphatic carbocycles. The highest BCUT2D eigenvalue weighted by Gasteiger charge is 2.15. The molecule has 4 heteroatoms. The van der Waals surface area contributed by atoms with Crippen molar-refractivity contribution in [2.45, 2.75) is 46.1 Å². The van der Waals surface area contributed by atoms with Crippen LogP contribution in [-0.2, 0) is 11.2 Å². The molecule has 0 aliphatic heterocycles. The van der Waals surface area contributed by atoms with Gasteiger partial charge in [0.1, 0.15) is 6.10 Å². The number of hydrogen-bond acceptors (Lipinski definition) is 4. The van der Waals surface area contributed by atoms with E-state index in [1.165, 1.54) is 5.56 Å². The molecule has 0 radical (unpaired) electrons. The van der Waals surface area contributed by atoms with E-state index >= 15 is 0 Å². The number of methoxy groups -OCH3 is 1. The van der Waals surface area contributed by atoms with Gasteiger partial charge >= 0.3 is 0 Å². The van der Waals surface area contributed by atoms with Crippen LogP contribution >= 0.6 is 0 Å². The van der Waals surface area contributed by atoms with E-state index in [0.717, 1.165) is 36.5 Å². The number of nitrogens with zero attached hydrogens (tertiary/aromatic N) is 2. The molecule has 1 unspecified atom stereocenters. The summed E-state index contributed by atoms with van der Waals surface area (Å²) in [5, 5.41) is 0. The second-order valence-electron chi connectivity index (χ2n) is 4.28. The molecule has 17 heavy (non-hydrogen) atoms. The molecular formula is C13H23N3O. The van der Waals surface area contributed by atoms with Crippen LogP contribution < -0.4 is 5.73 Å². The number of aryl methyl sites for hydroxylation is 2. The average molecular weight is 237 g/mol. The first-order valence-corrected chi connectivity index (χ1v) is 6.20. The smallest absolute Gasteiger partial charge is 0.157 e.